The number of nitro groups is 1. The van der Waals surface area contributed by atoms with Crippen LogP contribution in [0.2, 0.25) is 0 Å². The predicted molar refractivity (Wildman–Crippen MR) is 62.8 cm³/mol. The molecule has 0 bridgehead atoms. The number of rotatable bonds is 3. The lowest BCUT2D eigenvalue weighted by Crippen LogP contribution is -2.14. The van der Waals surface area contributed by atoms with E-state index in [2.05, 4.69) is 9.68 Å². The molecule has 0 radical (unpaired) electrons. The summed E-state index contributed by atoms with van der Waals surface area (Å²) in [5.41, 5.74) is -3.41. The van der Waals surface area contributed by atoms with Crippen LogP contribution in [0.4, 0.5) is 18.9 Å². The van der Waals surface area contributed by atoms with Crippen LogP contribution in [0.1, 0.15) is 27.4 Å². The quantitative estimate of drug-likeness (QED) is 0.493. The van der Waals surface area contributed by atoms with Gasteiger partial charge in [0, 0.05) is 12.5 Å². The first-order valence-electron chi connectivity index (χ1n) is 5.55. The highest BCUT2D eigenvalue weighted by molar-refractivity contribution is 6.11. The van der Waals surface area contributed by atoms with Gasteiger partial charge in [0.05, 0.1) is 10.5 Å². The molecule has 0 N–H and O–H groups in total. The minimum Gasteiger partial charge on any atom is -0.353 e. The number of benzene rings is 1. The molecule has 110 valence electrons. The molecule has 0 aliphatic carbocycles. The Morgan fingerprint density at radius 3 is 2.52 bits per heavy atom. The molecule has 9 heteroatoms. The van der Waals surface area contributed by atoms with Crippen molar-refractivity contribution in [3.63, 3.8) is 0 Å². The van der Waals surface area contributed by atoms with E-state index in [1.807, 2.05) is 0 Å². The molecule has 2 rings (SSSR count). The summed E-state index contributed by atoms with van der Waals surface area (Å²) in [6.45, 7) is 1.19. The summed E-state index contributed by atoms with van der Waals surface area (Å²) in [5.74, 6) is -1.47. The minimum atomic E-state index is -4.76. The summed E-state index contributed by atoms with van der Waals surface area (Å²) < 4.78 is 43.1. The van der Waals surface area contributed by atoms with Gasteiger partial charge in [-0.1, -0.05) is 23.4 Å². The number of aromatic nitrogens is 1. The monoisotopic (exact) mass is 300 g/mol. The van der Waals surface area contributed by atoms with Crippen molar-refractivity contribution in [2.24, 2.45) is 0 Å². The van der Waals surface area contributed by atoms with Gasteiger partial charge in [0.25, 0.3) is 0 Å². The molecule has 0 aliphatic rings. The summed E-state index contributed by atoms with van der Waals surface area (Å²) in [6, 6.07) is 3.98. The number of aryl methyl sites for hydroxylation is 1. The number of ketones is 1. The zero-order valence-electron chi connectivity index (χ0n) is 10.5. The minimum absolute atomic E-state index is 0.257. The molecule has 0 aliphatic heterocycles. The van der Waals surface area contributed by atoms with Gasteiger partial charge in [0.1, 0.15) is 0 Å². The number of carbonyl (C=O) groups excluding carboxylic acids is 1. The Labute approximate surface area is 115 Å². The lowest BCUT2D eigenvalue weighted by molar-refractivity contribution is -0.386. The topological polar surface area (TPSA) is 86.2 Å². The van der Waals surface area contributed by atoms with E-state index in [1.54, 1.807) is 0 Å². The van der Waals surface area contributed by atoms with Gasteiger partial charge in [-0.25, -0.2) is 0 Å². The molecule has 0 saturated heterocycles. The second-order valence-electron chi connectivity index (χ2n) is 4.07. The van der Waals surface area contributed by atoms with Gasteiger partial charge in [-0.3, -0.25) is 14.9 Å². The molecule has 0 saturated carbocycles. The lowest BCUT2D eigenvalue weighted by atomic mass is 10.0. The largest absolute Gasteiger partial charge is 0.417 e. The predicted octanol–water partition coefficient (Wildman–Crippen LogP) is 3.14. The van der Waals surface area contributed by atoms with Gasteiger partial charge in [-0.2, -0.15) is 13.2 Å². The third-order valence-corrected chi connectivity index (χ3v) is 2.71. The van der Waals surface area contributed by atoms with Crippen LogP contribution in [0.3, 0.4) is 0 Å². The fraction of sp³-hybridized carbons (Fsp3) is 0.167. The van der Waals surface area contributed by atoms with Crippen LogP contribution in [0.15, 0.2) is 28.8 Å². The first-order chi connectivity index (χ1) is 9.73. The average Bonchev–Trinajstić information content (AvgIpc) is 2.79. The first-order valence-corrected chi connectivity index (χ1v) is 5.55. The zero-order chi connectivity index (χ0) is 15.8. The van der Waals surface area contributed by atoms with Crippen LogP contribution in [0.5, 0.6) is 0 Å². The van der Waals surface area contributed by atoms with Gasteiger partial charge in [-0.05, 0) is 6.07 Å². The Balaban J connectivity index is 2.60. The number of halogens is 3. The molecule has 6 nitrogen and oxygen atoms in total. The molecule has 1 aromatic heterocycles. The zero-order valence-corrected chi connectivity index (χ0v) is 10.5. The SMILES string of the molecule is Cc1onc(C(=O)c2ccccc2C(F)(F)F)c1[N+](=O)[O-]. The number of hydrogen-bond donors (Lipinski definition) is 0. The third-order valence-electron chi connectivity index (χ3n) is 2.71. The van der Waals surface area contributed by atoms with Crippen molar-refractivity contribution in [1.29, 1.82) is 0 Å². The van der Waals surface area contributed by atoms with E-state index in [-0.39, 0.29) is 5.76 Å². The van der Waals surface area contributed by atoms with Crippen LogP contribution in [-0.4, -0.2) is 15.9 Å². The molecular weight excluding hydrogens is 293 g/mol. The fourth-order valence-electron chi connectivity index (χ4n) is 1.79. The maximum atomic E-state index is 12.9. The summed E-state index contributed by atoms with van der Waals surface area (Å²) >= 11 is 0. The van der Waals surface area contributed by atoms with Crippen molar-refractivity contribution in [2.45, 2.75) is 13.1 Å². The highest BCUT2D eigenvalue weighted by Crippen LogP contribution is 2.34. The number of nitrogens with zero attached hydrogens (tertiary/aromatic N) is 2. The smallest absolute Gasteiger partial charge is 0.353 e. The Morgan fingerprint density at radius 2 is 1.95 bits per heavy atom. The lowest BCUT2D eigenvalue weighted by Gasteiger charge is -2.10. The molecule has 0 atom stereocenters. The Hall–Kier alpha value is -2.71. The molecular formula is C12H7F3N2O4. The maximum Gasteiger partial charge on any atom is 0.417 e. The summed E-state index contributed by atoms with van der Waals surface area (Å²) in [4.78, 5) is 22.1. The number of hydrogen-bond acceptors (Lipinski definition) is 5. The van der Waals surface area contributed by atoms with Crippen LogP contribution < -0.4 is 0 Å². The van der Waals surface area contributed by atoms with Crippen molar-refractivity contribution in [3.8, 4) is 0 Å². The highest BCUT2D eigenvalue weighted by atomic mass is 19.4. The summed E-state index contributed by atoms with van der Waals surface area (Å²) in [7, 11) is 0. The molecule has 0 fully saturated rings. The number of carbonyl (C=O) groups is 1. The van der Waals surface area contributed by atoms with Gasteiger partial charge < -0.3 is 4.52 Å². The molecule has 1 aromatic carbocycles. The fourth-order valence-corrected chi connectivity index (χ4v) is 1.79. The van der Waals surface area contributed by atoms with Crippen LogP contribution in [0, 0.1) is 17.0 Å². The Morgan fingerprint density at radius 1 is 1.33 bits per heavy atom. The molecule has 0 amide bonds. The normalized spacial score (nSPS) is 11.4. The van der Waals surface area contributed by atoms with Gasteiger partial charge in [0.2, 0.25) is 17.2 Å². The molecule has 1 heterocycles. The molecule has 2 aromatic rings. The van der Waals surface area contributed by atoms with Crippen LogP contribution >= 0.6 is 0 Å². The van der Waals surface area contributed by atoms with Crippen LogP contribution in [-0.2, 0) is 6.18 Å². The second kappa shape index (κ2) is 5.00. The summed E-state index contributed by atoms with van der Waals surface area (Å²) in [5, 5.41) is 14.1. The highest BCUT2D eigenvalue weighted by Gasteiger charge is 2.38. The van der Waals surface area contributed by atoms with E-state index in [9.17, 15) is 28.1 Å². The molecule has 0 spiro atoms. The second-order valence-corrected chi connectivity index (χ2v) is 4.07. The Bertz CT molecular complexity index is 722. The van der Waals surface area contributed by atoms with Crippen molar-refractivity contribution in [2.75, 3.05) is 0 Å². The van der Waals surface area contributed by atoms with E-state index >= 15 is 0 Å². The van der Waals surface area contributed by atoms with E-state index in [1.165, 1.54) is 13.0 Å². The molecule has 0 unspecified atom stereocenters. The van der Waals surface area contributed by atoms with Crippen molar-refractivity contribution >= 4 is 11.5 Å². The van der Waals surface area contributed by atoms with Crippen molar-refractivity contribution in [3.05, 3.63) is 57.0 Å². The number of alkyl halides is 3. The van der Waals surface area contributed by atoms with Gasteiger partial charge in [-0.15, -0.1) is 0 Å². The van der Waals surface area contributed by atoms with Crippen molar-refractivity contribution < 1.29 is 27.4 Å². The van der Waals surface area contributed by atoms with E-state index in [0.29, 0.717) is 6.07 Å². The Kier molecular flexibility index (Phi) is 3.50. The first kappa shape index (κ1) is 14.7. The van der Waals surface area contributed by atoms with E-state index in [0.717, 1.165) is 12.1 Å². The third kappa shape index (κ3) is 2.62. The maximum absolute atomic E-state index is 12.9. The molecule has 21 heavy (non-hydrogen) atoms. The van der Waals surface area contributed by atoms with Gasteiger partial charge in [0.15, 0.2) is 0 Å². The van der Waals surface area contributed by atoms with Crippen LogP contribution in [0.25, 0.3) is 0 Å². The van der Waals surface area contributed by atoms with Crippen molar-refractivity contribution in [1.82, 2.24) is 5.16 Å². The standard InChI is InChI=1S/C12H7F3N2O4/c1-6-10(17(19)20)9(16-21-6)11(18)7-4-2-3-5-8(7)12(13,14)15/h2-5H,1H3. The van der Waals surface area contributed by atoms with E-state index in [4.69, 9.17) is 0 Å². The van der Waals surface area contributed by atoms with E-state index < -0.39 is 39.4 Å². The summed E-state index contributed by atoms with van der Waals surface area (Å²) in [6.07, 6.45) is -4.76. The average molecular weight is 300 g/mol. The van der Waals surface area contributed by atoms with Gasteiger partial charge >= 0.3 is 11.9 Å².